The van der Waals surface area contributed by atoms with Crippen LogP contribution in [0, 0.1) is 0 Å². The normalized spacial score (nSPS) is 26.5. The van der Waals surface area contributed by atoms with Crippen LogP contribution in [0.1, 0.15) is 25.0 Å². The van der Waals surface area contributed by atoms with Gasteiger partial charge in [-0.05, 0) is 25.0 Å². The van der Waals surface area contributed by atoms with E-state index in [1.807, 2.05) is 60.7 Å². The Balaban J connectivity index is 2.15. The van der Waals surface area contributed by atoms with Crippen LogP contribution < -0.4 is 0 Å². The number of carbonyl (C=O) groups excluding carboxylic acids is 1. The van der Waals surface area contributed by atoms with Gasteiger partial charge in [0.15, 0.2) is 5.60 Å². The van der Waals surface area contributed by atoms with Gasteiger partial charge in [0, 0.05) is 6.54 Å². The summed E-state index contributed by atoms with van der Waals surface area (Å²) in [5.41, 5.74) is -1.04. The predicted octanol–water partition coefficient (Wildman–Crippen LogP) is 2.80. The van der Waals surface area contributed by atoms with E-state index in [4.69, 9.17) is 4.74 Å². The van der Waals surface area contributed by atoms with Gasteiger partial charge < -0.3 is 14.7 Å². The average Bonchev–Trinajstić information content (AvgIpc) is 2.63. The van der Waals surface area contributed by atoms with Crippen LogP contribution in [0.15, 0.2) is 60.7 Å². The molecule has 1 heterocycles. The van der Waals surface area contributed by atoms with Crippen molar-refractivity contribution in [1.82, 2.24) is 4.90 Å². The topological polar surface area (TPSA) is 66.8 Å². The van der Waals surface area contributed by atoms with Crippen LogP contribution in [0.4, 0.5) is 0 Å². The first-order chi connectivity index (χ1) is 11.9. The zero-order valence-corrected chi connectivity index (χ0v) is 14.3. The molecule has 0 spiro atoms. The first-order valence-electron chi connectivity index (χ1n) is 8.17. The summed E-state index contributed by atoms with van der Waals surface area (Å²) in [4.78, 5) is 26.4. The van der Waals surface area contributed by atoms with Gasteiger partial charge in [0.05, 0.1) is 0 Å². The maximum atomic E-state index is 12.7. The van der Waals surface area contributed by atoms with Crippen molar-refractivity contribution in [1.29, 1.82) is 0 Å². The molecule has 0 bridgehead atoms. The van der Waals surface area contributed by atoms with Crippen LogP contribution in [0.3, 0.4) is 0 Å². The second-order valence-electron chi connectivity index (χ2n) is 6.53. The first-order valence-corrected chi connectivity index (χ1v) is 8.17. The number of benzene rings is 2. The minimum absolute atomic E-state index is 0.228. The van der Waals surface area contributed by atoms with E-state index in [0.717, 1.165) is 11.1 Å². The number of carboxylic acid groups (broad SMARTS) is 1. The fourth-order valence-electron chi connectivity index (χ4n) is 3.41. The molecule has 1 amide bonds. The zero-order valence-electron chi connectivity index (χ0n) is 14.3. The van der Waals surface area contributed by atoms with Gasteiger partial charge in [-0.3, -0.25) is 4.79 Å². The molecule has 5 nitrogen and oxygen atoms in total. The fourth-order valence-corrected chi connectivity index (χ4v) is 3.41. The number of ether oxygens (including phenoxy) is 1. The van der Waals surface area contributed by atoms with E-state index in [1.165, 1.54) is 6.92 Å². The van der Waals surface area contributed by atoms with Gasteiger partial charge in [0.2, 0.25) is 5.91 Å². The van der Waals surface area contributed by atoms with E-state index in [-0.39, 0.29) is 12.5 Å². The number of hydrogen-bond acceptors (Lipinski definition) is 3. The SMILES string of the molecule is CC1(C(=O)O)OCC(=O)N(Cc2ccccc2)C1(C)c1ccccc1. The molecule has 2 atom stereocenters. The standard InChI is InChI=1S/C20H21NO4/c1-19(16-11-7-4-8-12-16)20(2,18(23)24)25-14-17(22)21(19)13-15-9-5-3-6-10-15/h3-12H,13-14H2,1-2H3,(H,23,24). The molecule has 2 unspecified atom stereocenters. The molecule has 1 fully saturated rings. The fraction of sp³-hybridized carbons (Fsp3) is 0.300. The summed E-state index contributed by atoms with van der Waals surface area (Å²) in [6, 6.07) is 18.7. The highest BCUT2D eigenvalue weighted by atomic mass is 16.5. The number of rotatable bonds is 4. The highest BCUT2D eigenvalue weighted by molar-refractivity contribution is 5.86. The number of amides is 1. The van der Waals surface area contributed by atoms with E-state index in [1.54, 1.807) is 11.8 Å². The Morgan fingerprint density at radius 1 is 1.08 bits per heavy atom. The van der Waals surface area contributed by atoms with Gasteiger partial charge in [0.25, 0.3) is 0 Å². The van der Waals surface area contributed by atoms with Gasteiger partial charge in [-0.25, -0.2) is 4.79 Å². The van der Waals surface area contributed by atoms with Crippen LogP contribution in [-0.4, -0.2) is 34.1 Å². The minimum atomic E-state index is -1.56. The summed E-state index contributed by atoms with van der Waals surface area (Å²) >= 11 is 0. The lowest BCUT2D eigenvalue weighted by molar-refractivity contribution is -0.214. The molecule has 1 aliphatic rings. The number of nitrogens with zero attached hydrogens (tertiary/aromatic N) is 1. The highest BCUT2D eigenvalue weighted by Gasteiger charge is 2.60. The molecule has 2 aromatic carbocycles. The molecular formula is C20H21NO4. The van der Waals surface area contributed by atoms with Crippen molar-refractivity contribution >= 4 is 11.9 Å². The van der Waals surface area contributed by atoms with Crippen molar-refractivity contribution < 1.29 is 19.4 Å². The largest absolute Gasteiger partial charge is 0.479 e. The molecule has 1 aliphatic heterocycles. The second kappa shape index (κ2) is 6.33. The number of carboxylic acids is 1. The van der Waals surface area contributed by atoms with Gasteiger partial charge in [-0.15, -0.1) is 0 Å². The maximum Gasteiger partial charge on any atom is 0.338 e. The zero-order chi connectivity index (χ0) is 18.1. The molecule has 25 heavy (non-hydrogen) atoms. The Bertz CT molecular complexity index is 777. The summed E-state index contributed by atoms with van der Waals surface area (Å²) in [6.07, 6.45) is 0. The Kier molecular flexibility index (Phi) is 4.35. The highest BCUT2D eigenvalue weighted by Crippen LogP contribution is 2.44. The summed E-state index contributed by atoms with van der Waals surface area (Å²) in [7, 11) is 0. The smallest absolute Gasteiger partial charge is 0.338 e. The van der Waals surface area contributed by atoms with E-state index in [0.29, 0.717) is 6.54 Å². The molecular weight excluding hydrogens is 318 g/mol. The van der Waals surface area contributed by atoms with E-state index in [9.17, 15) is 14.7 Å². The van der Waals surface area contributed by atoms with Crippen LogP contribution in [-0.2, 0) is 26.4 Å². The van der Waals surface area contributed by atoms with Crippen molar-refractivity contribution in [3.8, 4) is 0 Å². The van der Waals surface area contributed by atoms with Gasteiger partial charge in [-0.1, -0.05) is 60.7 Å². The lowest BCUT2D eigenvalue weighted by Crippen LogP contribution is -2.69. The predicted molar refractivity (Wildman–Crippen MR) is 92.8 cm³/mol. The molecule has 3 rings (SSSR count). The van der Waals surface area contributed by atoms with Crippen LogP contribution in [0.2, 0.25) is 0 Å². The number of aliphatic carboxylic acids is 1. The van der Waals surface area contributed by atoms with Gasteiger partial charge >= 0.3 is 5.97 Å². The van der Waals surface area contributed by atoms with Crippen LogP contribution in [0.5, 0.6) is 0 Å². The van der Waals surface area contributed by atoms with E-state index < -0.39 is 17.1 Å². The van der Waals surface area contributed by atoms with Crippen molar-refractivity contribution in [3.05, 3.63) is 71.8 Å². The summed E-state index contributed by atoms with van der Waals surface area (Å²) in [5.74, 6) is -1.32. The Morgan fingerprint density at radius 2 is 1.64 bits per heavy atom. The van der Waals surface area contributed by atoms with Crippen molar-refractivity contribution in [2.75, 3.05) is 6.61 Å². The number of carbonyl (C=O) groups is 2. The van der Waals surface area contributed by atoms with E-state index in [2.05, 4.69) is 0 Å². The lowest BCUT2D eigenvalue weighted by Gasteiger charge is -2.53. The van der Waals surface area contributed by atoms with Crippen LogP contribution in [0.25, 0.3) is 0 Å². The monoisotopic (exact) mass is 339 g/mol. The Morgan fingerprint density at radius 3 is 2.20 bits per heavy atom. The third-order valence-corrected chi connectivity index (χ3v) is 5.18. The van der Waals surface area contributed by atoms with Crippen LogP contribution >= 0.6 is 0 Å². The average molecular weight is 339 g/mol. The summed E-state index contributed by atoms with van der Waals surface area (Å²) in [5, 5.41) is 9.90. The molecule has 0 radical (unpaired) electrons. The second-order valence-corrected chi connectivity index (χ2v) is 6.53. The van der Waals surface area contributed by atoms with Gasteiger partial charge in [-0.2, -0.15) is 0 Å². The summed E-state index contributed by atoms with van der Waals surface area (Å²) < 4.78 is 5.59. The number of hydrogen-bond donors (Lipinski definition) is 1. The quantitative estimate of drug-likeness (QED) is 0.930. The maximum absolute atomic E-state index is 12.7. The lowest BCUT2D eigenvalue weighted by atomic mass is 9.73. The van der Waals surface area contributed by atoms with Crippen molar-refractivity contribution in [2.24, 2.45) is 0 Å². The molecule has 130 valence electrons. The Hall–Kier alpha value is -2.66. The minimum Gasteiger partial charge on any atom is -0.479 e. The van der Waals surface area contributed by atoms with Gasteiger partial charge in [0.1, 0.15) is 12.1 Å². The number of morpholine rings is 1. The molecule has 0 aromatic heterocycles. The van der Waals surface area contributed by atoms with Crippen molar-refractivity contribution in [3.63, 3.8) is 0 Å². The molecule has 1 N–H and O–H groups in total. The molecule has 5 heteroatoms. The third kappa shape index (κ3) is 2.70. The third-order valence-electron chi connectivity index (χ3n) is 5.18. The molecule has 0 saturated carbocycles. The van der Waals surface area contributed by atoms with E-state index >= 15 is 0 Å². The first kappa shape index (κ1) is 17.2. The molecule has 1 saturated heterocycles. The Labute approximate surface area is 146 Å². The molecule has 2 aromatic rings. The summed E-state index contributed by atoms with van der Waals surface area (Å²) in [6.45, 7) is 3.36. The van der Waals surface area contributed by atoms with Crippen molar-refractivity contribution in [2.45, 2.75) is 31.5 Å². The molecule has 0 aliphatic carbocycles.